The lowest BCUT2D eigenvalue weighted by atomic mass is 9.72. The normalized spacial score (nSPS) is 26.3. The minimum Gasteiger partial charge on any atom is -0.481 e. The summed E-state index contributed by atoms with van der Waals surface area (Å²) in [5, 5.41) is 80.6. The number of carbonyl (C=O) groups excluding carboxylic acids is 1. The van der Waals surface area contributed by atoms with E-state index in [-0.39, 0.29) is 31.3 Å². The third-order valence-corrected chi connectivity index (χ3v) is 9.31. The molecule has 0 aromatic carbocycles. The number of amides is 1. The SMILES string of the molecule is CC1(C)CC(=C(CC(=O)O)C(=O)O)CC(C)(C)N1O.CC1(C)CC(O)(C#N)CC(C)(C)N1O.CC1(C)CC(O)(C(N)=O)CC(C)(C)N1O. The van der Waals surface area contributed by atoms with Gasteiger partial charge in [-0.05, 0) is 95.9 Å². The molecule has 1 amide bonds. The lowest BCUT2D eigenvalue weighted by molar-refractivity contribution is -0.270. The minimum atomic E-state index is -1.54. The average Bonchev–Trinajstić information content (AvgIpc) is 2.86. The number of nitrogens with zero attached hydrogens (tertiary/aromatic N) is 4. The molecule has 3 saturated heterocycles. The molecule has 15 heteroatoms. The number of carboxylic acid groups (broad SMARTS) is 2. The quantitative estimate of drug-likeness (QED) is 0.156. The van der Waals surface area contributed by atoms with Gasteiger partial charge in [-0.3, -0.25) is 9.59 Å². The first-order valence-electron chi connectivity index (χ1n) is 15.9. The lowest BCUT2D eigenvalue weighted by Gasteiger charge is -2.53. The number of hydroxylamine groups is 6. The molecule has 15 nitrogen and oxygen atoms in total. The Kier molecular flexibility index (Phi) is 12.6. The zero-order chi connectivity index (χ0) is 38.3. The molecule has 0 aromatic heterocycles. The van der Waals surface area contributed by atoms with E-state index in [9.17, 15) is 45.3 Å². The van der Waals surface area contributed by atoms with Crippen LogP contribution in [0.15, 0.2) is 11.1 Å². The summed E-state index contributed by atoms with van der Waals surface area (Å²) in [6.07, 6.45) is 0.962. The first-order valence-corrected chi connectivity index (χ1v) is 15.9. The van der Waals surface area contributed by atoms with Crippen LogP contribution < -0.4 is 5.73 Å². The number of carboxylic acids is 2. The maximum Gasteiger partial charge on any atom is 0.332 e. The molecule has 3 fully saturated rings. The molecule has 48 heavy (non-hydrogen) atoms. The third-order valence-electron chi connectivity index (χ3n) is 9.31. The highest BCUT2D eigenvalue weighted by Gasteiger charge is 2.54. The molecule has 0 saturated carbocycles. The first-order chi connectivity index (χ1) is 21.1. The number of aliphatic hydroxyl groups is 2. The van der Waals surface area contributed by atoms with Crippen molar-refractivity contribution in [3.63, 3.8) is 0 Å². The van der Waals surface area contributed by atoms with Crippen LogP contribution in [0.3, 0.4) is 0 Å². The highest BCUT2D eigenvalue weighted by atomic mass is 16.5. The van der Waals surface area contributed by atoms with E-state index in [0.717, 1.165) is 0 Å². The molecule has 3 rings (SSSR count). The largest absolute Gasteiger partial charge is 0.481 e. The van der Waals surface area contributed by atoms with Crippen molar-refractivity contribution in [2.45, 2.75) is 172 Å². The minimum absolute atomic E-state index is 0.0678. The smallest absolute Gasteiger partial charge is 0.332 e. The van der Waals surface area contributed by atoms with Crippen molar-refractivity contribution in [2.75, 3.05) is 0 Å². The highest BCUT2D eigenvalue weighted by Crippen LogP contribution is 2.44. The Hall–Kier alpha value is -2.68. The second-order valence-corrected chi connectivity index (χ2v) is 17.4. The van der Waals surface area contributed by atoms with Gasteiger partial charge in [0.2, 0.25) is 5.91 Å². The van der Waals surface area contributed by atoms with E-state index >= 15 is 0 Å². The van der Waals surface area contributed by atoms with E-state index in [0.29, 0.717) is 18.4 Å². The molecule has 3 heterocycles. The van der Waals surface area contributed by atoms with E-state index in [4.69, 9.17) is 16.1 Å². The Balaban J connectivity index is 0.000000365. The van der Waals surface area contributed by atoms with Crippen molar-refractivity contribution >= 4 is 17.8 Å². The van der Waals surface area contributed by atoms with Crippen molar-refractivity contribution in [3.05, 3.63) is 11.1 Å². The predicted molar refractivity (Wildman–Crippen MR) is 175 cm³/mol. The number of carbonyl (C=O) groups is 3. The molecule has 0 bridgehead atoms. The second kappa shape index (κ2) is 13.9. The Bertz CT molecular complexity index is 1260. The molecule has 0 aliphatic carbocycles. The van der Waals surface area contributed by atoms with Crippen LogP contribution in [0.1, 0.15) is 128 Å². The molecule has 0 aromatic rings. The summed E-state index contributed by atoms with van der Waals surface area (Å²) < 4.78 is 0. The zero-order valence-electron chi connectivity index (χ0n) is 30.7. The van der Waals surface area contributed by atoms with Crippen LogP contribution in [-0.2, 0) is 14.4 Å². The summed E-state index contributed by atoms with van der Waals surface area (Å²) in [6.45, 7) is 21.5. The number of rotatable bonds is 4. The summed E-state index contributed by atoms with van der Waals surface area (Å²) >= 11 is 0. The second-order valence-electron chi connectivity index (χ2n) is 17.4. The summed E-state index contributed by atoms with van der Waals surface area (Å²) in [7, 11) is 0. The number of nitrogens with two attached hydrogens (primary N) is 1. The van der Waals surface area contributed by atoms with E-state index < -0.39 is 68.7 Å². The van der Waals surface area contributed by atoms with Crippen molar-refractivity contribution in [1.29, 1.82) is 5.26 Å². The van der Waals surface area contributed by atoms with Crippen LogP contribution >= 0.6 is 0 Å². The van der Waals surface area contributed by atoms with E-state index in [2.05, 4.69) is 0 Å². The third kappa shape index (κ3) is 9.95. The van der Waals surface area contributed by atoms with Crippen molar-refractivity contribution in [2.24, 2.45) is 5.73 Å². The van der Waals surface area contributed by atoms with E-state index in [1.54, 1.807) is 55.4 Å². The molecular weight excluding hydrogens is 626 g/mol. The van der Waals surface area contributed by atoms with Gasteiger partial charge in [0, 0.05) is 64.5 Å². The van der Waals surface area contributed by atoms with Crippen LogP contribution in [0.4, 0.5) is 0 Å². The standard InChI is InChI=1S/C13H21NO5.C10H20N2O3.C10H18N2O2/c1-12(2)6-8(7-13(3,4)14(12)19)9(11(17)18)5-10(15)16;1-8(2)5-10(14,7(11)13)6-9(3,4)12(8)15;1-8(2)5-10(13,7-11)6-9(3,4)12(8)14/h19H,5-7H2,1-4H3,(H,15,16)(H,17,18);14-15H,5-6H2,1-4H3,(H2,11,13);13-14H,5-6H2,1-4H3. The lowest BCUT2D eigenvalue weighted by Crippen LogP contribution is -2.67. The van der Waals surface area contributed by atoms with Gasteiger partial charge in [-0.2, -0.15) is 20.5 Å². The van der Waals surface area contributed by atoms with Gasteiger partial charge in [0.1, 0.15) is 5.60 Å². The number of hydrogen-bond acceptors (Lipinski definition) is 12. The molecule has 0 atom stereocenters. The predicted octanol–water partition coefficient (Wildman–Crippen LogP) is 3.41. The van der Waals surface area contributed by atoms with Gasteiger partial charge < -0.3 is 41.8 Å². The van der Waals surface area contributed by atoms with E-state index in [1.165, 1.54) is 15.2 Å². The molecule has 0 radical (unpaired) electrons. The van der Waals surface area contributed by atoms with E-state index in [1.807, 2.05) is 33.8 Å². The number of nitriles is 1. The van der Waals surface area contributed by atoms with Gasteiger partial charge in [-0.15, -0.1) is 0 Å². The topological polar surface area (TPSA) is 252 Å². The number of aliphatic carboxylic acids is 2. The maximum absolute atomic E-state index is 11.2. The fraction of sp³-hybridized carbons (Fsp3) is 0.818. The summed E-state index contributed by atoms with van der Waals surface area (Å²) in [6, 6.07) is 1.93. The number of piperidine rings is 3. The molecular formula is C33H59N5O10. The molecule has 9 N–H and O–H groups in total. The zero-order valence-corrected chi connectivity index (χ0v) is 30.7. The van der Waals surface area contributed by atoms with Crippen LogP contribution in [0.5, 0.6) is 0 Å². The molecule has 276 valence electrons. The van der Waals surface area contributed by atoms with Gasteiger partial charge in [0.15, 0.2) is 5.60 Å². The van der Waals surface area contributed by atoms with Crippen LogP contribution in [0.25, 0.3) is 0 Å². The van der Waals surface area contributed by atoms with Gasteiger partial charge in [-0.1, -0.05) is 5.57 Å². The summed E-state index contributed by atoms with van der Waals surface area (Å²) in [4.78, 5) is 33.3. The van der Waals surface area contributed by atoms with Crippen molar-refractivity contribution < 1.29 is 50.4 Å². The molecule has 0 spiro atoms. The van der Waals surface area contributed by atoms with Crippen molar-refractivity contribution in [3.8, 4) is 6.07 Å². The Morgan fingerprint density at radius 1 is 0.667 bits per heavy atom. The first kappa shape index (κ1) is 43.3. The fourth-order valence-corrected chi connectivity index (χ4v) is 7.97. The molecule has 0 unspecified atom stereocenters. The number of hydrogen-bond donors (Lipinski definition) is 8. The number of primary amides is 1. The molecule has 3 aliphatic rings. The Morgan fingerprint density at radius 2 is 0.979 bits per heavy atom. The van der Waals surface area contributed by atoms with Crippen LogP contribution in [0, 0.1) is 11.3 Å². The van der Waals surface area contributed by atoms with Gasteiger partial charge in [0.25, 0.3) is 0 Å². The summed E-state index contributed by atoms with van der Waals surface area (Å²) in [5.41, 5.74) is -0.899. The Labute approximate surface area is 284 Å². The fourth-order valence-electron chi connectivity index (χ4n) is 7.97. The Morgan fingerprint density at radius 3 is 1.25 bits per heavy atom. The van der Waals surface area contributed by atoms with Gasteiger partial charge in [0.05, 0.1) is 12.5 Å². The molecule has 3 aliphatic heterocycles. The van der Waals surface area contributed by atoms with Crippen LogP contribution in [0.2, 0.25) is 0 Å². The maximum atomic E-state index is 11.2. The average molecular weight is 686 g/mol. The van der Waals surface area contributed by atoms with Gasteiger partial charge >= 0.3 is 11.9 Å². The monoisotopic (exact) mass is 685 g/mol. The van der Waals surface area contributed by atoms with Crippen molar-refractivity contribution in [1.82, 2.24) is 15.2 Å². The summed E-state index contributed by atoms with van der Waals surface area (Å²) in [5.74, 6) is -3.08. The van der Waals surface area contributed by atoms with Gasteiger partial charge in [-0.25, -0.2) is 4.79 Å². The highest BCUT2D eigenvalue weighted by molar-refractivity contribution is 5.93. The van der Waals surface area contributed by atoms with Crippen LogP contribution in [-0.4, -0.2) is 114 Å².